The summed E-state index contributed by atoms with van der Waals surface area (Å²) in [5.74, 6) is 0.730. The number of amides is 1. The molecule has 0 atom stereocenters. The fourth-order valence-electron chi connectivity index (χ4n) is 3.14. The van der Waals surface area contributed by atoms with Gasteiger partial charge in [0.15, 0.2) is 5.76 Å². The molecule has 0 aliphatic heterocycles. The van der Waals surface area contributed by atoms with E-state index in [1.807, 2.05) is 6.92 Å². The number of carbonyl (C=O) groups is 1. The molecule has 11 heteroatoms. The average Bonchev–Trinajstić information content (AvgIpc) is 3.31. The molecule has 8 nitrogen and oxygen atoms in total. The summed E-state index contributed by atoms with van der Waals surface area (Å²) in [4.78, 5) is 23.5. The van der Waals surface area contributed by atoms with Crippen LogP contribution in [0.25, 0.3) is 0 Å². The molecule has 0 spiro atoms. The first-order valence-corrected chi connectivity index (χ1v) is 11.5. The average molecular weight is 548 g/mol. The van der Waals surface area contributed by atoms with Crippen LogP contribution in [0.1, 0.15) is 21.9 Å². The monoisotopic (exact) mass is 546 g/mol. The Hall–Kier alpha value is -3.72. The van der Waals surface area contributed by atoms with E-state index in [4.69, 9.17) is 48.7 Å². The molecule has 1 aromatic heterocycles. The molecule has 184 valence electrons. The van der Waals surface area contributed by atoms with Crippen molar-refractivity contribution in [1.29, 1.82) is 0 Å². The van der Waals surface area contributed by atoms with E-state index in [0.717, 1.165) is 5.56 Å². The van der Waals surface area contributed by atoms with Crippen molar-refractivity contribution in [1.82, 2.24) is 0 Å². The van der Waals surface area contributed by atoms with Crippen LogP contribution in [0, 0.1) is 17.0 Å². The molecule has 0 aliphatic rings. The summed E-state index contributed by atoms with van der Waals surface area (Å²) >= 11 is 18.0. The van der Waals surface area contributed by atoms with Crippen molar-refractivity contribution in [2.45, 2.75) is 13.5 Å². The number of rotatable bonds is 8. The molecule has 0 saturated carbocycles. The molecule has 0 bridgehead atoms. The minimum Gasteiger partial charge on any atom is -0.486 e. The molecule has 0 aliphatic carbocycles. The van der Waals surface area contributed by atoms with Gasteiger partial charge in [-0.2, -0.15) is 0 Å². The van der Waals surface area contributed by atoms with Gasteiger partial charge in [0.25, 0.3) is 11.6 Å². The number of nitro groups is 1. The minimum absolute atomic E-state index is 0.00407. The zero-order chi connectivity index (χ0) is 25.8. The maximum Gasteiger partial charge on any atom is 0.291 e. The highest BCUT2D eigenvalue weighted by atomic mass is 35.5. The maximum absolute atomic E-state index is 12.7. The highest BCUT2D eigenvalue weighted by molar-refractivity contribution is 6.35. The minimum atomic E-state index is -0.612. The highest BCUT2D eigenvalue weighted by Gasteiger charge is 2.17. The quantitative estimate of drug-likeness (QED) is 0.177. The predicted molar refractivity (Wildman–Crippen MR) is 137 cm³/mol. The first-order chi connectivity index (χ1) is 17.2. The van der Waals surface area contributed by atoms with E-state index in [0.29, 0.717) is 21.6 Å². The number of nitrogens with zero attached hydrogens (tertiary/aromatic N) is 1. The summed E-state index contributed by atoms with van der Waals surface area (Å²) < 4.78 is 16.9. The van der Waals surface area contributed by atoms with Gasteiger partial charge in [0.1, 0.15) is 29.6 Å². The van der Waals surface area contributed by atoms with Crippen LogP contribution in [0.5, 0.6) is 17.2 Å². The Bertz CT molecular complexity index is 1450. The summed E-state index contributed by atoms with van der Waals surface area (Å²) in [7, 11) is 0. The van der Waals surface area contributed by atoms with Gasteiger partial charge in [-0.05, 0) is 61.0 Å². The van der Waals surface area contributed by atoms with Gasteiger partial charge in [-0.25, -0.2) is 0 Å². The SMILES string of the molecule is Cc1cc(OCc2ccc(C(=O)Nc3cc(Oc4ccc(Cl)cc4Cl)cc([N+](=O)[O-])c3)o2)ccc1Cl. The van der Waals surface area contributed by atoms with Crippen molar-refractivity contribution < 1.29 is 23.6 Å². The van der Waals surface area contributed by atoms with Crippen molar-refractivity contribution in [2.75, 3.05) is 5.32 Å². The summed E-state index contributed by atoms with van der Waals surface area (Å²) in [6.45, 7) is 1.95. The van der Waals surface area contributed by atoms with E-state index in [1.165, 1.54) is 36.4 Å². The molecule has 0 fully saturated rings. The summed E-state index contributed by atoms with van der Waals surface area (Å²) in [6.07, 6.45) is 0. The molecule has 4 rings (SSSR count). The fraction of sp³-hybridized carbons (Fsp3) is 0.0800. The first-order valence-electron chi connectivity index (χ1n) is 10.4. The van der Waals surface area contributed by atoms with Crippen molar-refractivity contribution in [3.63, 3.8) is 0 Å². The maximum atomic E-state index is 12.7. The van der Waals surface area contributed by atoms with Crippen molar-refractivity contribution in [2.24, 2.45) is 0 Å². The highest BCUT2D eigenvalue weighted by Crippen LogP contribution is 2.35. The molecule has 1 N–H and O–H groups in total. The van der Waals surface area contributed by atoms with Crippen LogP contribution in [0.4, 0.5) is 11.4 Å². The summed E-state index contributed by atoms with van der Waals surface area (Å²) in [5.41, 5.74) is 0.701. The number of hydrogen-bond donors (Lipinski definition) is 1. The molecule has 1 heterocycles. The number of halogens is 3. The normalized spacial score (nSPS) is 10.7. The van der Waals surface area contributed by atoms with Crippen molar-refractivity contribution in [3.05, 3.63) is 109 Å². The lowest BCUT2D eigenvalue weighted by Crippen LogP contribution is -2.11. The molecule has 4 aromatic rings. The zero-order valence-corrected chi connectivity index (χ0v) is 20.9. The number of hydrogen-bond acceptors (Lipinski definition) is 6. The first kappa shape index (κ1) is 25.4. The molecule has 0 saturated heterocycles. The largest absolute Gasteiger partial charge is 0.486 e. The van der Waals surface area contributed by atoms with E-state index in [1.54, 1.807) is 30.3 Å². The van der Waals surface area contributed by atoms with E-state index in [9.17, 15) is 14.9 Å². The van der Waals surface area contributed by atoms with Gasteiger partial charge in [0, 0.05) is 22.2 Å². The number of anilines is 1. The van der Waals surface area contributed by atoms with Gasteiger partial charge < -0.3 is 19.2 Å². The second-order valence-corrected chi connectivity index (χ2v) is 8.82. The Kier molecular flexibility index (Phi) is 7.69. The number of ether oxygens (including phenoxy) is 2. The lowest BCUT2D eigenvalue weighted by Gasteiger charge is -2.10. The summed E-state index contributed by atoms with van der Waals surface area (Å²) in [6, 6.07) is 16.7. The summed E-state index contributed by atoms with van der Waals surface area (Å²) in [5, 5.41) is 15.2. The van der Waals surface area contributed by atoms with E-state index in [-0.39, 0.29) is 40.3 Å². The third kappa shape index (κ3) is 6.28. The number of nitrogens with one attached hydrogen (secondary N) is 1. The Labute approximate surface area is 220 Å². The second-order valence-electron chi connectivity index (χ2n) is 7.57. The van der Waals surface area contributed by atoms with Crippen LogP contribution in [0.2, 0.25) is 15.1 Å². The molecule has 3 aromatic carbocycles. The number of aryl methyl sites for hydroxylation is 1. The van der Waals surface area contributed by atoms with Crippen LogP contribution in [0.3, 0.4) is 0 Å². The third-order valence-electron chi connectivity index (χ3n) is 4.88. The van der Waals surface area contributed by atoms with E-state index >= 15 is 0 Å². The Balaban J connectivity index is 1.47. The number of furan rings is 1. The Morgan fingerprint density at radius 3 is 2.50 bits per heavy atom. The van der Waals surface area contributed by atoms with Gasteiger partial charge in [0.2, 0.25) is 0 Å². The number of carbonyl (C=O) groups excluding carboxylic acids is 1. The van der Waals surface area contributed by atoms with Gasteiger partial charge in [0.05, 0.1) is 21.7 Å². The topological polar surface area (TPSA) is 104 Å². The predicted octanol–water partition coefficient (Wildman–Crippen LogP) is 8.08. The number of benzene rings is 3. The van der Waals surface area contributed by atoms with Crippen LogP contribution >= 0.6 is 34.8 Å². The lowest BCUT2D eigenvalue weighted by atomic mass is 10.2. The van der Waals surface area contributed by atoms with Gasteiger partial charge >= 0.3 is 0 Å². The second kappa shape index (κ2) is 10.9. The number of nitro benzene ring substituents is 1. The lowest BCUT2D eigenvalue weighted by molar-refractivity contribution is -0.384. The Morgan fingerprint density at radius 2 is 1.78 bits per heavy atom. The van der Waals surface area contributed by atoms with Crippen molar-refractivity contribution >= 4 is 52.1 Å². The fourth-order valence-corrected chi connectivity index (χ4v) is 3.70. The van der Waals surface area contributed by atoms with Crippen molar-refractivity contribution in [3.8, 4) is 17.2 Å². The zero-order valence-electron chi connectivity index (χ0n) is 18.6. The van der Waals surface area contributed by atoms with Crippen LogP contribution in [0.15, 0.2) is 71.1 Å². The van der Waals surface area contributed by atoms with E-state index < -0.39 is 10.8 Å². The molecule has 0 radical (unpaired) electrons. The molecular formula is C25H17Cl3N2O6. The molecule has 36 heavy (non-hydrogen) atoms. The van der Waals surface area contributed by atoms with Gasteiger partial charge in [-0.1, -0.05) is 34.8 Å². The van der Waals surface area contributed by atoms with Gasteiger partial charge in [-0.15, -0.1) is 0 Å². The van der Waals surface area contributed by atoms with Crippen LogP contribution in [-0.4, -0.2) is 10.8 Å². The number of non-ortho nitro benzene ring substituents is 1. The van der Waals surface area contributed by atoms with Crippen LogP contribution in [-0.2, 0) is 6.61 Å². The molecule has 1 amide bonds. The standard InChI is InChI=1S/C25H17Cl3N2O6/c1-14-8-18(3-5-21(14)27)34-13-19-4-7-24(35-19)25(31)29-16-10-17(30(32)33)12-20(11-16)36-23-6-2-15(26)9-22(23)28/h2-12H,13H2,1H3,(H,29,31). The van der Waals surface area contributed by atoms with Gasteiger partial charge in [-0.3, -0.25) is 14.9 Å². The van der Waals surface area contributed by atoms with E-state index in [2.05, 4.69) is 5.32 Å². The molecule has 0 unspecified atom stereocenters. The third-order valence-corrected chi connectivity index (χ3v) is 5.83. The molecular weight excluding hydrogens is 531 g/mol. The smallest absolute Gasteiger partial charge is 0.291 e. The Morgan fingerprint density at radius 1 is 0.972 bits per heavy atom. The van der Waals surface area contributed by atoms with Crippen LogP contribution < -0.4 is 14.8 Å².